The van der Waals surface area contributed by atoms with Gasteiger partial charge in [-0.15, -0.1) is 11.3 Å². The molecule has 2 N–H and O–H groups in total. The quantitative estimate of drug-likeness (QED) is 0.840. The summed E-state index contributed by atoms with van der Waals surface area (Å²) in [4.78, 5) is 4.52. The number of hydrogen-bond acceptors (Lipinski definition) is 5. The lowest BCUT2D eigenvalue weighted by Gasteiger charge is -2.06. The van der Waals surface area contributed by atoms with Crippen LogP contribution in [-0.4, -0.2) is 23.2 Å². The SMILES string of the molecule is CSCCC(N)c1csc(CSC)n1. The molecule has 0 aliphatic heterocycles. The van der Waals surface area contributed by atoms with Crippen molar-refractivity contribution in [1.82, 2.24) is 4.98 Å². The summed E-state index contributed by atoms with van der Waals surface area (Å²) in [6.45, 7) is 0. The third-order valence-corrected chi connectivity index (χ3v) is 4.11. The van der Waals surface area contributed by atoms with E-state index in [1.54, 1.807) is 23.1 Å². The van der Waals surface area contributed by atoms with Crippen LogP contribution in [0.5, 0.6) is 0 Å². The lowest BCUT2D eigenvalue weighted by molar-refractivity contribution is 0.685. The molecule has 2 nitrogen and oxygen atoms in total. The molecule has 0 saturated heterocycles. The molecule has 0 amide bonds. The number of nitrogens with two attached hydrogens (primary N) is 1. The van der Waals surface area contributed by atoms with E-state index >= 15 is 0 Å². The Bertz CT molecular complexity index is 262. The Kier molecular flexibility index (Phi) is 5.93. The molecule has 0 aliphatic rings. The van der Waals surface area contributed by atoms with Crippen LogP contribution in [0.15, 0.2) is 5.38 Å². The Morgan fingerprint density at radius 2 is 2.29 bits per heavy atom. The van der Waals surface area contributed by atoms with E-state index in [4.69, 9.17) is 5.73 Å². The molecule has 0 spiro atoms. The molecule has 0 aliphatic carbocycles. The number of thioether (sulfide) groups is 2. The highest BCUT2D eigenvalue weighted by Gasteiger charge is 2.09. The molecule has 1 unspecified atom stereocenters. The average Bonchev–Trinajstić information content (AvgIpc) is 2.63. The fraction of sp³-hybridized carbons (Fsp3) is 0.667. The first-order valence-corrected chi connectivity index (χ1v) is 8.12. The summed E-state index contributed by atoms with van der Waals surface area (Å²) in [5.74, 6) is 2.11. The van der Waals surface area contributed by atoms with Crippen molar-refractivity contribution in [3.63, 3.8) is 0 Å². The highest BCUT2D eigenvalue weighted by atomic mass is 32.2. The summed E-state index contributed by atoms with van der Waals surface area (Å²) in [5, 5.41) is 3.28. The van der Waals surface area contributed by atoms with Gasteiger partial charge in [-0.2, -0.15) is 23.5 Å². The average molecular weight is 248 g/mol. The van der Waals surface area contributed by atoms with E-state index in [0.717, 1.165) is 23.6 Å². The van der Waals surface area contributed by atoms with Crippen LogP contribution in [0.1, 0.15) is 23.2 Å². The first-order chi connectivity index (χ1) is 6.77. The standard InChI is InChI=1S/C9H16N2S3/c1-12-4-3-7(10)8-5-14-9(11-8)6-13-2/h5,7H,3-4,6,10H2,1-2H3. The first kappa shape index (κ1) is 12.4. The zero-order valence-corrected chi connectivity index (χ0v) is 11.0. The van der Waals surface area contributed by atoms with Crippen LogP contribution in [-0.2, 0) is 5.75 Å². The Balaban J connectivity index is 2.48. The van der Waals surface area contributed by atoms with Gasteiger partial charge in [0.25, 0.3) is 0 Å². The van der Waals surface area contributed by atoms with Crippen molar-refractivity contribution < 1.29 is 0 Å². The number of hydrogen-bond donors (Lipinski definition) is 1. The largest absolute Gasteiger partial charge is 0.323 e. The monoisotopic (exact) mass is 248 g/mol. The second-order valence-electron chi connectivity index (χ2n) is 2.99. The van der Waals surface area contributed by atoms with Gasteiger partial charge in [-0.05, 0) is 24.7 Å². The predicted octanol–water partition coefficient (Wildman–Crippen LogP) is 2.76. The minimum absolute atomic E-state index is 0.120. The zero-order valence-electron chi connectivity index (χ0n) is 8.53. The van der Waals surface area contributed by atoms with E-state index in [0.29, 0.717) is 0 Å². The van der Waals surface area contributed by atoms with Gasteiger partial charge in [-0.25, -0.2) is 4.98 Å². The maximum Gasteiger partial charge on any atom is 0.103 e. The van der Waals surface area contributed by atoms with Crippen LogP contribution in [0.3, 0.4) is 0 Å². The van der Waals surface area contributed by atoms with Crippen molar-refractivity contribution >= 4 is 34.9 Å². The maximum atomic E-state index is 6.01. The summed E-state index contributed by atoms with van der Waals surface area (Å²) in [7, 11) is 0. The van der Waals surface area contributed by atoms with Crippen LogP contribution >= 0.6 is 34.9 Å². The second-order valence-corrected chi connectivity index (χ2v) is 5.78. The van der Waals surface area contributed by atoms with E-state index in [1.165, 1.54) is 5.01 Å². The minimum Gasteiger partial charge on any atom is -0.323 e. The van der Waals surface area contributed by atoms with Gasteiger partial charge in [0.1, 0.15) is 5.01 Å². The van der Waals surface area contributed by atoms with Gasteiger partial charge in [0, 0.05) is 17.2 Å². The smallest absolute Gasteiger partial charge is 0.103 e. The number of thiazole rings is 1. The normalized spacial score (nSPS) is 13.1. The van der Waals surface area contributed by atoms with Crippen molar-refractivity contribution in [1.29, 1.82) is 0 Å². The van der Waals surface area contributed by atoms with Gasteiger partial charge < -0.3 is 5.73 Å². The Hall–Kier alpha value is 0.290. The van der Waals surface area contributed by atoms with E-state index in [2.05, 4.69) is 22.9 Å². The number of aromatic nitrogens is 1. The Labute approximate surface area is 98.1 Å². The third-order valence-electron chi connectivity index (χ3n) is 1.85. The van der Waals surface area contributed by atoms with E-state index in [9.17, 15) is 0 Å². The van der Waals surface area contributed by atoms with E-state index in [1.807, 2.05) is 11.8 Å². The van der Waals surface area contributed by atoms with Gasteiger partial charge in [0.15, 0.2) is 0 Å². The van der Waals surface area contributed by atoms with Crippen LogP contribution in [0.25, 0.3) is 0 Å². The molecule has 80 valence electrons. The van der Waals surface area contributed by atoms with Gasteiger partial charge in [0.05, 0.1) is 5.69 Å². The lowest BCUT2D eigenvalue weighted by Crippen LogP contribution is -2.11. The molecule has 0 radical (unpaired) electrons. The van der Waals surface area contributed by atoms with Crippen molar-refractivity contribution in [3.8, 4) is 0 Å². The highest BCUT2D eigenvalue weighted by Crippen LogP contribution is 2.21. The topological polar surface area (TPSA) is 38.9 Å². The van der Waals surface area contributed by atoms with Crippen LogP contribution in [0, 0.1) is 0 Å². The van der Waals surface area contributed by atoms with Gasteiger partial charge in [-0.1, -0.05) is 0 Å². The summed E-state index contributed by atoms with van der Waals surface area (Å²) in [6.07, 6.45) is 5.21. The molecule has 1 aromatic rings. The molecule has 0 saturated carbocycles. The van der Waals surface area contributed by atoms with E-state index < -0.39 is 0 Å². The third kappa shape index (κ3) is 3.81. The molecule has 5 heteroatoms. The van der Waals surface area contributed by atoms with Crippen LogP contribution in [0.2, 0.25) is 0 Å². The molecule has 0 fully saturated rings. The van der Waals surface area contributed by atoms with Crippen molar-refractivity contribution in [3.05, 3.63) is 16.1 Å². The van der Waals surface area contributed by atoms with Crippen molar-refractivity contribution in [2.45, 2.75) is 18.2 Å². The molecule has 1 heterocycles. The zero-order chi connectivity index (χ0) is 10.4. The van der Waals surface area contributed by atoms with Gasteiger partial charge in [-0.3, -0.25) is 0 Å². The fourth-order valence-electron chi connectivity index (χ4n) is 1.08. The van der Waals surface area contributed by atoms with Crippen molar-refractivity contribution in [2.75, 3.05) is 18.3 Å². The lowest BCUT2D eigenvalue weighted by atomic mass is 10.2. The summed E-state index contributed by atoms with van der Waals surface area (Å²) >= 11 is 5.35. The predicted molar refractivity (Wildman–Crippen MR) is 69.3 cm³/mol. The molecule has 0 bridgehead atoms. The fourth-order valence-corrected chi connectivity index (χ4v) is 3.15. The molecular formula is C9H16N2S3. The minimum atomic E-state index is 0.120. The first-order valence-electron chi connectivity index (χ1n) is 4.45. The molecule has 1 rings (SSSR count). The van der Waals surface area contributed by atoms with E-state index in [-0.39, 0.29) is 6.04 Å². The molecule has 1 atom stereocenters. The Morgan fingerprint density at radius 1 is 1.50 bits per heavy atom. The highest BCUT2D eigenvalue weighted by molar-refractivity contribution is 7.98. The van der Waals surface area contributed by atoms with Gasteiger partial charge >= 0.3 is 0 Å². The second kappa shape index (κ2) is 6.71. The van der Waals surface area contributed by atoms with Crippen LogP contribution < -0.4 is 5.73 Å². The summed E-state index contributed by atoms with van der Waals surface area (Å²) in [6, 6.07) is 0.120. The molecule has 1 aromatic heterocycles. The number of rotatable bonds is 6. The number of nitrogens with zero attached hydrogens (tertiary/aromatic N) is 1. The molecule has 0 aromatic carbocycles. The Morgan fingerprint density at radius 3 is 2.93 bits per heavy atom. The summed E-state index contributed by atoms with van der Waals surface area (Å²) < 4.78 is 0. The maximum absolute atomic E-state index is 6.01. The van der Waals surface area contributed by atoms with Gasteiger partial charge in [0.2, 0.25) is 0 Å². The van der Waals surface area contributed by atoms with Crippen LogP contribution in [0.4, 0.5) is 0 Å². The molecule has 14 heavy (non-hydrogen) atoms. The summed E-state index contributed by atoms with van der Waals surface area (Å²) in [5.41, 5.74) is 7.08. The molecular weight excluding hydrogens is 232 g/mol. The van der Waals surface area contributed by atoms with Crippen molar-refractivity contribution in [2.24, 2.45) is 5.73 Å².